The van der Waals surface area contributed by atoms with E-state index in [0.717, 1.165) is 31.5 Å². The van der Waals surface area contributed by atoms with Crippen molar-refractivity contribution in [2.24, 2.45) is 0 Å². The minimum atomic E-state index is -0.516. The van der Waals surface area contributed by atoms with Crippen molar-refractivity contribution in [1.82, 2.24) is 4.90 Å². The summed E-state index contributed by atoms with van der Waals surface area (Å²) < 4.78 is 10.8. The zero-order chi connectivity index (χ0) is 17.5. The first-order valence-electron chi connectivity index (χ1n) is 8.44. The first-order chi connectivity index (χ1) is 12.2. The second-order valence-corrected chi connectivity index (χ2v) is 5.97. The van der Waals surface area contributed by atoms with Gasteiger partial charge < -0.3 is 14.4 Å². The van der Waals surface area contributed by atoms with Gasteiger partial charge in [0.25, 0.3) is 5.91 Å². The van der Waals surface area contributed by atoms with Crippen LogP contribution in [0.4, 0.5) is 0 Å². The van der Waals surface area contributed by atoms with E-state index in [1.54, 1.807) is 29.2 Å². The van der Waals surface area contributed by atoms with E-state index in [1.165, 1.54) is 0 Å². The third-order valence-corrected chi connectivity index (χ3v) is 4.10. The van der Waals surface area contributed by atoms with Gasteiger partial charge in [0.2, 0.25) is 0 Å². The summed E-state index contributed by atoms with van der Waals surface area (Å²) in [4.78, 5) is 25.8. The summed E-state index contributed by atoms with van der Waals surface area (Å²) in [6.07, 6.45) is 2.03. The number of amides is 1. The number of carbonyl (C=O) groups is 2. The maximum absolute atomic E-state index is 12.1. The molecule has 0 spiro atoms. The van der Waals surface area contributed by atoms with Gasteiger partial charge in [0.1, 0.15) is 12.4 Å². The molecule has 1 amide bonds. The number of ether oxygens (including phenoxy) is 2. The van der Waals surface area contributed by atoms with Crippen LogP contribution in [-0.4, -0.2) is 36.5 Å². The van der Waals surface area contributed by atoms with E-state index < -0.39 is 5.97 Å². The van der Waals surface area contributed by atoms with Crippen LogP contribution in [0.15, 0.2) is 54.6 Å². The largest absolute Gasteiger partial charge is 0.489 e. The normalized spacial score (nSPS) is 13.5. The third-order valence-electron chi connectivity index (χ3n) is 4.10. The molecule has 0 radical (unpaired) electrons. The second-order valence-electron chi connectivity index (χ2n) is 5.97. The Morgan fingerprint density at radius 1 is 0.960 bits per heavy atom. The van der Waals surface area contributed by atoms with Crippen LogP contribution in [0.25, 0.3) is 0 Å². The predicted octanol–water partition coefficient (Wildman–Crippen LogP) is 3.04. The summed E-state index contributed by atoms with van der Waals surface area (Å²) in [5, 5.41) is 0. The fourth-order valence-corrected chi connectivity index (χ4v) is 2.72. The van der Waals surface area contributed by atoms with Gasteiger partial charge in [-0.2, -0.15) is 0 Å². The van der Waals surface area contributed by atoms with Crippen LogP contribution in [-0.2, 0) is 16.1 Å². The number of nitrogens with zero attached hydrogens (tertiary/aromatic N) is 1. The summed E-state index contributed by atoms with van der Waals surface area (Å²) in [6.45, 7) is 1.71. The molecule has 3 rings (SSSR count). The van der Waals surface area contributed by atoms with Crippen molar-refractivity contribution >= 4 is 11.9 Å². The average molecular weight is 339 g/mol. The van der Waals surface area contributed by atoms with Crippen molar-refractivity contribution in [3.05, 3.63) is 65.7 Å². The van der Waals surface area contributed by atoms with Crippen LogP contribution >= 0.6 is 0 Å². The molecular formula is C20H21NO4. The maximum Gasteiger partial charge on any atom is 0.338 e. The molecular weight excluding hydrogens is 318 g/mol. The van der Waals surface area contributed by atoms with Gasteiger partial charge in [-0.1, -0.05) is 36.4 Å². The average Bonchev–Trinajstić information content (AvgIpc) is 3.20. The number of carbonyl (C=O) groups excluding carboxylic acids is 2. The van der Waals surface area contributed by atoms with E-state index >= 15 is 0 Å². The van der Waals surface area contributed by atoms with Gasteiger partial charge in [0.15, 0.2) is 6.61 Å². The molecule has 5 nitrogen and oxygen atoms in total. The Balaban J connectivity index is 1.53. The van der Waals surface area contributed by atoms with Crippen molar-refractivity contribution in [2.75, 3.05) is 19.7 Å². The second kappa shape index (κ2) is 8.33. The number of hydrogen-bond donors (Lipinski definition) is 0. The lowest BCUT2D eigenvalue weighted by atomic mass is 10.2. The number of benzene rings is 2. The van der Waals surface area contributed by atoms with E-state index in [9.17, 15) is 9.59 Å². The molecule has 0 bridgehead atoms. The summed E-state index contributed by atoms with van der Waals surface area (Å²) >= 11 is 0. The van der Waals surface area contributed by atoms with E-state index in [2.05, 4.69) is 0 Å². The Morgan fingerprint density at radius 3 is 2.48 bits per heavy atom. The molecule has 0 unspecified atom stereocenters. The molecule has 1 fully saturated rings. The van der Waals surface area contributed by atoms with Crippen LogP contribution in [0.5, 0.6) is 5.75 Å². The zero-order valence-electron chi connectivity index (χ0n) is 14.0. The van der Waals surface area contributed by atoms with E-state index in [0.29, 0.717) is 17.9 Å². The number of esters is 1. The Morgan fingerprint density at radius 2 is 1.72 bits per heavy atom. The molecule has 0 N–H and O–H groups in total. The van der Waals surface area contributed by atoms with Crippen LogP contribution in [0.3, 0.4) is 0 Å². The molecule has 5 heteroatoms. The summed E-state index contributed by atoms with van der Waals surface area (Å²) in [5.74, 6) is -0.0655. The summed E-state index contributed by atoms with van der Waals surface area (Å²) in [6, 6.07) is 16.6. The lowest BCUT2D eigenvalue weighted by Crippen LogP contribution is -2.32. The molecule has 0 aromatic heterocycles. The van der Waals surface area contributed by atoms with Crippen LogP contribution in [0, 0.1) is 0 Å². The summed E-state index contributed by atoms with van der Waals surface area (Å²) in [5.41, 5.74) is 1.42. The molecule has 2 aromatic carbocycles. The first-order valence-corrected chi connectivity index (χ1v) is 8.44. The Labute approximate surface area is 147 Å². The molecule has 1 aliphatic heterocycles. The molecule has 2 aromatic rings. The van der Waals surface area contributed by atoms with E-state index in [4.69, 9.17) is 9.47 Å². The minimum absolute atomic E-state index is 0.137. The van der Waals surface area contributed by atoms with Crippen molar-refractivity contribution in [1.29, 1.82) is 0 Å². The minimum Gasteiger partial charge on any atom is -0.489 e. The monoisotopic (exact) mass is 339 g/mol. The number of likely N-dealkylation sites (tertiary alicyclic amines) is 1. The van der Waals surface area contributed by atoms with Gasteiger partial charge in [-0.05, 0) is 36.6 Å². The molecule has 1 aliphatic rings. The van der Waals surface area contributed by atoms with Gasteiger partial charge in [-0.15, -0.1) is 0 Å². The van der Waals surface area contributed by atoms with Crippen molar-refractivity contribution in [3.63, 3.8) is 0 Å². The molecule has 1 heterocycles. The quantitative estimate of drug-likeness (QED) is 0.759. The standard InChI is InChI=1S/C20H21NO4/c22-19(21-11-4-5-12-21)15-25-20(23)17-9-6-10-18(13-17)24-14-16-7-2-1-3-8-16/h1-3,6-10,13H,4-5,11-12,14-15H2. The van der Waals surface area contributed by atoms with Crippen molar-refractivity contribution in [2.45, 2.75) is 19.4 Å². The predicted molar refractivity (Wildman–Crippen MR) is 93.3 cm³/mol. The Bertz CT molecular complexity index is 723. The fraction of sp³-hybridized carbons (Fsp3) is 0.300. The highest BCUT2D eigenvalue weighted by Crippen LogP contribution is 2.16. The fourth-order valence-electron chi connectivity index (χ4n) is 2.72. The topological polar surface area (TPSA) is 55.8 Å². The van der Waals surface area contributed by atoms with Crippen LogP contribution in [0.1, 0.15) is 28.8 Å². The van der Waals surface area contributed by atoms with Crippen molar-refractivity contribution < 1.29 is 19.1 Å². The molecule has 25 heavy (non-hydrogen) atoms. The third kappa shape index (κ3) is 4.83. The lowest BCUT2D eigenvalue weighted by molar-refractivity contribution is -0.133. The maximum atomic E-state index is 12.1. The van der Waals surface area contributed by atoms with E-state index in [1.807, 2.05) is 30.3 Å². The molecule has 130 valence electrons. The SMILES string of the molecule is O=C(OCC(=O)N1CCCC1)c1cccc(OCc2ccccc2)c1. The lowest BCUT2D eigenvalue weighted by Gasteiger charge is -2.15. The van der Waals surface area contributed by atoms with Crippen molar-refractivity contribution in [3.8, 4) is 5.75 Å². The molecule has 0 aliphatic carbocycles. The molecule has 0 saturated carbocycles. The molecule has 0 atom stereocenters. The van der Waals surface area contributed by atoms with Gasteiger partial charge in [0, 0.05) is 13.1 Å². The Hall–Kier alpha value is -2.82. The number of rotatable bonds is 6. The van der Waals surface area contributed by atoms with Gasteiger partial charge in [-0.25, -0.2) is 4.79 Å². The first kappa shape index (κ1) is 17.0. The highest BCUT2D eigenvalue weighted by molar-refractivity contribution is 5.91. The molecule has 1 saturated heterocycles. The highest BCUT2D eigenvalue weighted by atomic mass is 16.5. The zero-order valence-corrected chi connectivity index (χ0v) is 14.0. The van der Waals surface area contributed by atoms with E-state index in [-0.39, 0.29) is 12.5 Å². The highest BCUT2D eigenvalue weighted by Gasteiger charge is 2.19. The van der Waals surface area contributed by atoms with Gasteiger partial charge in [-0.3, -0.25) is 4.79 Å². The van der Waals surface area contributed by atoms with Gasteiger partial charge >= 0.3 is 5.97 Å². The van der Waals surface area contributed by atoms with Gasteiger partial charge in [0.05, 0.1) is 5.56 Å². The van der Waals surface area contributed by atoms with Crippen LogP contribution < -0.4 is 4.74 Å². The van der Waals surface area contributed by atoms with Crippen LogP contribution in [0.2, 0.25) is 0 Å². The summed E-state index contributed by atoms with van der Waals surface area (Å²) in [7, 11) is 0. The smallest absolute Gasteiger partial charge is 0.338 e. The Kier molecular flexibility index (Phi) is 5.67. The number of hydrogen-bond acceptors (Lipinski definition) is 4.